The van der Waals surface area contributed by atoms with Crippen molar-refractivity contribution in [2.75, 3.05) is 12.8 Å². The Labute approximate surface area is 83.5 Å². The second-order valence-corrected chi connectivity index (χ2v) is 3.31. The Balaban J connectivity index is 3.31. The second kappa shape index (κ2) is 4.23. The molecule has 0 aromatic carbocycles. The lowest BCUT2D eigenvalue weighted by Crippen LogP contribution is -2.11. The molecule has 0 atom stereocenters. The van der Waals surface area contributed by atoms with E-state index < -0.39 is 0 Å². The van der Waals surface area contributed by atoms with Gasteiger partial charge in [-0.15, -0.1) is 0 Å². The molecule has 0 spiro atoms. The molecule has 0 bridgehead atoms. The minimum Gasteiger partial charge on any atom is -0.481 e. The third-order valence-corrected chi connectivity index (χ3v) is 1.96. The van der Waals surface area contributed by atoms with Crippen LogP contribution in [-0.2, 0) is 6.54 Å². The van der Waals surface area contributed by atoms with Crippen molar-refractivity contribution in [1.29, 1.82) is 0 Å². The van der Waals surface area contributed by atoms with Crippen molar-refractivity contribution in [3.8, 4) is 5.88 Å². The Morgan fingerprint density at radius 3 is 2.43 bits per heavy atom. The predicted octanol–water partition coefficient (Wildman–Crippen LogP) is 0.649. The van der Waals surface area contributed by atoms with E-state index in [9.17, 15) is 0 Å². The van der Waals surface area contributed by atoms with Crippen molar-refractivity contribution in [1.82, 2.24) is 9.97 Å². The number of hydrogen-bond acceptors (Lipinski definition) is 5. The van der Waals surface area contributed by atoms with Gasteiger partial charge in [-0.1, -0.05) is 13.8 Å². The van der Waals surface area contributed by atoms with E-state index in [0.29, 0.717) is 12.4 Å². The number of ether oxygens (including phenoxy) is 1. The number of nitrogens with two attached hydrogens (primary N) is 2. The van der Waals surface area contributed by atoms with E-state index in [2.05, 4.69) is 9.97 Å². The third kappa shape index (κ3) is 1.93. The quantitative estimate of drug-likeness (QED) is 0.741. The van der Waals surface area contributed by atoms with Crippen molar-refractivity contribution >= 4 is 5.95 Å². The van der Waals surface area contributed by atoms with Gasteiger partial charge < -0.3 is 16.2 Å². The van der Waals surface area contributed by atoms with Crippen molar-refractivity contribution in [3.63, 3.8) is 0 Å². The van der Waals surface area contributed by atoms with E-state index in [0.717, 1.165) is 11.3 Å². The van der Waals surface area contributed by atoms with E-state index in [1.807, 2.05) is 13.8 Å². The average molecular weight is 196 g/mol. The lowest BCUT2D eigenvalue weighted by Gasteiger charge is -2.13. The lowest BCUT2D eigenvalue weighted by atomic mass is 10.0. The first kappa shape index (κ1) is 10.7. The molecule has 1 heterocycles. The number of nitrogens with zero attached hydrogens (tertiary/aromatic N) is 2. The first-order valence-electron chi connectivity index (χ1n) is 4.50. The molecule has 0 fully saturated rings. The van der Waals surface area contributed by atoms with Gasteiger partial charge in [0.15, 0.2) is 0 Å². The topological polar surface area (TPSA) is 87.0 Å². The number of anilines is 1. The Morgan fingerprint density at radius 2 is 2.00 bits per heavy atom. The van der Waals surface area contributed by atoms with Crippen LogP contribution in [0.5, 0.6) is 5.88 Å². The molecule has 0 aliphatic rings. The molecule has 0 amide bonds. The van der Waals surface area contributed by atoms with Gasteiger partial charge in [0.05, 0.1) is 12.8 Å². The van der Waals surface area contributed by atoms with Gasteiger partial charge in [-0.2, -0.15) is 4.98 Å². The highest BCUT2D eigenvalue weighted by Gasteiger charge is 2.14. The maximum absolute atomic E-state index is 5.61. The van der Waals surface area contributed by atoms with Gasteiger partial charge in [-0.05, 0) is 5.92 Å². The van der Waals surface area contributed by atoms with E-state index in [1.165, 1.54) is 0 Å². The van der Waals surface area contributed by atoms with E-state index in [1.54, 1.807) is 7.11 Å². The standard InChI is InChI=1S/C9H16N4O/c1-5(2)7-6(4-10)8(14-3)13-9(11)12-7/h5H,4,10H2,1-3H3,(H2,11,12,13). The van der Waals surface area contributed by atoms with Crippen LogP contribution >= 0.6 is 0 Å². The summed E-state index contributed by atoms with van der Waals surface area (Å²) in [6.07, 6.45) is 0. The summed E-state index contributed by atoms with van der Waals surface area (Å²) in [5, 5.41) is 0. The third-order valence-electron chi connectivity index (χ3n) is 1.96. The van der Waals surface area contributed by atoms with Crippen LogP contribution in [0.4, 0.5) is 5.95 Å². The van der Waals surface area contributed by atoms with Gasteiger partial charge in [0.25, 0.3) is 0 Å². The molecule has 0 unspecified atom stereocenters. The van der Waals surface area contributed by atoms with Gasteiger partial charge in [0.2, 0.25) is 11.8 Å². The summed E-state index contributed by atoms with van der Waals surface area (Å²) in [4.78, 5) is 8.13. The zero-order chi connectivity index (χ0) is 10.7. The number of rotatable bonds is 3. The minimum absolute atomic E-state index is 0.225. The van der Waals surface area contributed by atoms with Crippen LogP contribution in [0, 0.1) is 0 Å². The highest BCUT2D eigenvalue weighted by molar-refractivity contribution is 5.37. The molecule has 14 heavy (non-hydrogen) atoms. The molecule has 78 valence electrons. The summed E-state index contributed by atoms with van der Waals surface area (Å²) >= 11 is 0. The van der Waals surface area contributed by atoms with E-state index >= 15 is 0 Å². The summed E-state index contributed by atoms with van der Waals surface area (Å²) in [6, 6.07) is 0. The molecule has 0 aliphatic heterocycles. The van der Waals surface area contributed by atoms with Crippen LogP contribution < -0.4 is 16.2 Å². The van der Waals surface area contributed by atoms with E-state index in [4.69, 9.17) is 16.2 Å². The van der Waals surface area contributed by atoms with Gasteiger partial charge in [0.1, 0.15) is 0 Å². The molecule has 0 aliphatic carbocycles. The highest BCUT2D eigenvalue weighted by Crippen LogP contribution is 2.24. The fraction of sp³-hybridized carbons (Fsp3) is 0.556. The van der Waals surface area contributed by atoms with Crippen LogP contribution in [-0.4, -0.2) is 17.1 Å². The Bertz CT molecular complexity index is 325. The fourth-order valence-electron chi connectivity index (χ4n) is 1.34. The molecular weight excluding hydrogens is 180 g/mol. The lowest BCUT2D eigenvalue weighted by molar-refractivity contribution is 0.390. The molecule has 5 heteroatoms. The van der Waals surface area contributed by atoms with Crippen molar-refractivity contribution in [2.24, 2.45) is 5.73 Å². The molecule has 0 saturated heterocycles. The second-order valence-electron chi connectivity index (χ2n) is 3.31. The Hall–Kier alpha value is -1.36. The van der Waals surface area contributed by atoms with Gasteiger partial charge >= 0.3 is 0 Å². The summed E-state index contributed by atoms with van der Waals surface area (Å²) in [6.45, 7) is 4.41. The summed E-state index contributed by atoms with van der Waals surface area (Å²) in [5.74, 6) is 0.958. The summed E-state index contributed by atoms with van der Waals surface area (Å²) in [5.41, 5.74) is 12.9. The first-order chi connectivity index (χ1) is 6.60. The van der Waals surface area contributed by atoms with Crippen LogP contribution in [0.1, 0.15) is 31.0 Å². The zero-order valence-corrected chi connectivity index (χ0v) is 8.74. The maximum atomic E-state index is 5.61. The van der Waals surface area contributed by atoms with Crippen molar-refractivity contribution in [3.05, 3.63) is 11.3 Å². The summed E-state index contributed by atoms with van der Waals surface area (Å²) < 4.78 is 5.10. The SMILES string of the molecule is COc1nc(N)nc(C(C)C)c1CN. The van der Waals surface area contributed by atoms with Gasteiger partial charge in [0, 0.05) is 12.1 Å². The number of nitrogen functional groups attached to an aromatic ring is 1. The number of aromatic nitrogens is 2. The molecule has 0 radical (unpaired) electrons. The van der Waals surface area contributed by atoms with Crippen LogP contribution in [0.25, 0.3) is 0 Å². The molecule has 1 aromatic rings. The smallest absolute Gasteiger partial charge is 0.223 e. The molecular formula is C9H16N4O. The zero-order valence-electron chi connectivity index (χ0n) is 8.74. The monoisotopic (exact) mass is 196 g/mol. The Kier molecular flexibility index (Phi) is 3.24. The predicted molar refractivity (Wildman–Crippen MR) is 55.0 cm³/mol. The molecule has 0 saturated carbocycles. The van der Waals surface area contributed by atoms with Gasteiger partial charge in [-0.3, -0.25) is 0 Å². The van der Waals surface area contributed by atoms with Crippen molar-refractivity contribution < 1.29 is 4.74 Å². The van der Waals surface area contributed by atoms with E-state index in [-0.39, 0.29) is 11.9 Å². The largest absolute Gasteiger partial charge is 0.481 e. The van der Waals surface area contributed by atoms with Crippen LogP contribution in [0.2, 0.25) is 0 Å². The molecule has 4 N–H and O–H groups in total. The minimum atomic E-state index is 0.225. The Morgan fingerprint density at radius 1 is 1.36 bits per heavy atom. The highest BCUT2D eigenvalue weighted by atomic mass is 16.5. The molecule has 1 aromatic heterocycles. The van der Waals surface area contributed by atoms with Crippen molar-refractivity contribution in [2.45, 2.75) is 26.3 Å². The van der Waals surface area contributed by atoms with Crippen LogP contribution in [0.15, 0.2) is 0 Å². The van der Waals surface area contributed by atoms with Crippen LogP contribution in [0.3, 0.4) is 0 Å². The normalized spacial score (nSPS) is 10.6. The number of hydrogen-bond donors (Lipinski definition) is 2. The molecule has 1 rings (SSSR count). The van der Waals surface area contributed by atoms with Gasteiger partial charge in [-0.25, -0.2) is 4.98 Å². The fourth-order valence-corrected chi connectivity index (χ4v) is 1.34. The maximum Gasteiger partial charge on any atom is 0.223 e. The number of methoxy groups -OCH3 is 1. The first-order valence-corrected chi connectivity index (χ1v) is 4.50. The average Bonchev–Trinajstić information content (AvgIpc) is 2.16. The molecule has 5 nitrogen and oxygen atoms in total. The summed E-state index contributed by atoms with van der Waals surface area (Å²) in [7, 11) is 1.55.